The van der Waals surface area contributed by atoms with E-state index in [9.17, 15) is 4.79 Å². The van der Waals surface area contributed by atoms with E-state index in [1.54, 1.807) is 24.3 Å². The maximum absolute atomic E-state index is 12.4. The Morgan fingerprint density at radius 2 is 1.91 bits per heavy atom. The van der Waals surface area contributed by atoms with Gasteiger partial charge in [0.2, 0.25) is 0 Å². The van der Waals surface area contributed by atoms with Gasteiger partial charge in [-0.25, -0.2) is 4.98 Å². The lowest BCUT2D eigenvalue weighted by molar-refractivity contribution is 0.0953. The van der Waals surface area contributed by atoms with Crippen molar-refractivity contribution in [3.8, 4) is 5.75 Å². The average molecular weight is 490 g/mol. The summed E-state index contributed by atoms with van der Waals surface area (Å²) in [6.07, 6.45) is 1.54. The van der Waals surface area contributed by atoms with Crippen LogP contribution in [0.4, 0.5) is 0 Å². The van der Waals surface area contributed by atoms with Crippen LogP contribution in [-0.2, 0) is 13.0 Å². The van der Waals surface area contributed by atoms with E-state index < -0.39 is 0 Å². The summed E-state index contributed by atoms with van der Waals surface area (Å²) in [6.45, 7) is 8.28. The molecule has 0 radical (unpaired) electrons. The Hall–Kier alpha value is -3.31. The van der Waals surface area contributed by atoms with E-state index in [4.69, 9.17) is 21.3 Å². The predicted molar refractivity (Wildman–Crippen MR) is 143 cm³/mol. The van der Waals surface area contributed by atoms with Gasteiger partial charge in [-0.15, -0.1) is 0 Å². The quantitative estimate of drug-likeness (QED) is 0.256. The highest BCUT2D eigenvalue weighted by Gasteiger charge is 2.13. The van der Waals surface area contributed by atoms with E-state index in [0.29, 0.717) is 36.2 Å². The fourth-order valence-corrected chi connectivity index (χ4v) is 4.43. The van der Waals surface area contributed by atoms with Gasteiger partial charge in [0, 0.05) is 23.6 Å². The first-order chi connectivity index (χ1) is 16.9. The second-order valence-corrected chi connectivity index (χ2v) is 9.52. The molecule has 0 bridgehead atoms. The van der Waals surface area contributed by atoms with Crippen LogP contribution >= 0.6 is 11.6 Å². The van der Waals surface area contributed by atoms with Gasteiger partial charge in [0.15, 0.2) is 0 Å². The number of aromatic nitrogens is 2. The second kappa shape index (κ2) is 11.4. The fourth-order valence-electron chi connectivity index (χ4n) is 4.24. The van der Waals surface area contributed by atoms with Crippen LogP contribution < -0.4 is 10.1 Å². The molecular formula is C29H32ClN3O2. The largest absolute Gasteiger partial charge is 0.491 e. The zero-order valence-corrected chi connectivity index (χ0v) is 21.3. The Bertz CT molecular complexity index is 1310. The van der Waals surface area contributed by atoms with Gasteiger partial charge in [0.05, 0.1) is 17.6 Å². The minimum atomic E-state index is -0.117. The van der Waals surface area contributed by atoms with Crippen LogP contribution in [0.2, 0.25) is 5.02 Å². The number of nitrogens with zero attached hydrogens (tertiary/aromatic N) is 2. The summed E-state index contributed by atoms with van der Waals surface area (Å²) in [5, 5.41) is 3.53. The number of halogens is 1. The summed E-state index contributed by atoms with van der Waals surface area (Å²) in [6, 6.07) is 21.6. The standard InChI is InChI=1S/C29H32ClN3O2/c1-20(2)24-14-13-21(3)18-27(24)35-17-16-33-26-11-5-4-10-25(26)32-28(33)12-7-15-31-29(34)22-8-6-9-23(30)19-22/h4-6,8-11,13-14,18-20H,7,12,15-17H2,1-3H3,(H,31,34). The van der Waals surface area contributed by atoms with Gasteiger partial charge in [-0.3, -0.25) is 4.79 Å². The third-order valence-corrected chi connectivity index (χ3v) is 6.28. The molecule has 0 fully saturated rings. The predicted octanol–water partition coefficient (Wildman–Crippen LogP) is 6.56. The summed E-state index contributed by atoms with van der Waals surface area (Å²) in [7, 11) is 0. The molecule has 3 aromatic carbocycles. The zero-order chi connectivity index (χ0) is 24.8. The van der Waals surface area contributed by atoms with Gasteiger partial charge in [-0.05, 0) is 66.8 Å². The van der Waals surface area contributed by atoms with Gasteiger partial charge in [-0.1, -0.05) is 55.8 Å². The summed E-state index contributed by atoms with van der Waals surface area (Å²) < 4.78 is 8.49. The van der Waals surface area contributed by atoms with Crippen molar-refractivity contribution in [3.63, 3.8) is 0 Å². The Balaban J connectivity index is 1.40. The number of carbonyl (C=O) groups excluding carboxylic acids is 1. The first-order valence-electron chi connectivity index (χ1n) is 12.1. The minimum Gasteiger partial charge on any atom is -0.491 e. The van der Waals surface area contributed by atoms with Crippen LogP contribution in [0.5, 0.6) is 5.75 Å². The van der Waals surface area contributed by atoms with Crippen molar-refractivity contribution in [2.24, 2.45) is 0 Å². The zero-order valence-electron chi connectivity index (χ0n) is 20.6. The molecule has 5 nitrogen and oxygen atoms in total. The van der Waals surface area contributed by atoms with E-state index in [2.05, 4.69) is 54.9 Å². The minimum absolute atomic E-state index is 0.117. The molecule has 0 spiro atoms. The molecule has 1 N–H and O–H groups in total. The van der Waals surface area contributed by atoms with Crippen LogP contribution in [0, 0.1) is 6.92 Å². The highest BCUT2D eigenvalue weighted by atomic mass is 35.5. The summed E-state index contributed by atoms with van der Waals surface area (Å²) in [4.78, 5) is 17.2. The molecule has 0 saturated heterocycles. The monoisotopic (exact) mass is 489 g/mol. The van der Waals surface area contributed by atoms with Crippen LogP contribution in [0.3, 0.4) is 0 Å². The van der Waals surface area contributed by atoms with Crippen molar-refractivity contribution < 1.29 is 9.53 Å². The third kappa shape index (κ3) is 6.23. The molecule has 35 heavy (non-hydrogen) atoms. The Kier molecular flexibility index (Phi) is 8.09. The van der Waals surface area contributed by atoms with E-state index in [1.807, 2.05) is 18.2 Å². The van der Waals surface area contributed by atoms with Crippen LogP contribution in [0.25, 0.3) is 11.0 Å². The molecule has 0 atom stereocenters. The van der Waals surface area contributed by atoms with Crippen molar-refractivity contribution in [2.45, 2.75) is 46.1 Å². The molecular weight excluding hydrogens is 458 g/mol. The Labute approximate surface area is 212 Å². The topological polar surface area (TPSA) is 56.1 Å². The van der Waals surface area contributed by atoms with E-state index in [-0.39, 0.29) is 5.91 Å². The molecule has 0 aliphatic rings. The average Bonchev–Trinajstić information content (AvgIpc) is 3.19. The highest BCUT2D eigenvalue weighted by Crippen LogP contribution is 2.27. The molecule has 182 valence electrons. The number of rotatable bonds is 10. The molecule has 0 unspecified atom stereocenters. The molecule has 6 heteroatoms. The van der Waals surface area contributed by atoms with Crippen molar-refractivity contribution >= 4 is 28.5 Å². The number of hydrogen-bond acceptors (Lipinski definition) is 3. The third-order valence-electron chi connectivity index (χ3n) is 6.05. The molecule has 1 amide bonds. The first kappa shape index (κ1) is 24.8. The number of imidazole rings is 1. The van der Waals surface area contributed by atoms with E-state index >= 15 is 0 Å². The fraction of sp³-hybridized carbons (Fsp3) is 0.310. The number of benzene rings is 3. The normalized spacial score (nSPS) is 11.2. The number of amides is 1. The SMILES string of the molecule is Cc1ccc(C(C)C)c(OCCn2c(CCCNC(=O)c3cccc(Cl)c3)nc3ccccc32)c1. The smallest absolute Gasteiger partial charge is 0.251 e. The molecule has 0 aliphatic heterocycles. The molecule has 1 aromatic heterocycles. The maximum atomic E-state index is 12.4. The first-order valence-corrected chi connectivity index (χ1v) is 12.5. The molecule has 0 saturated carbocycles. The summed E-state index contributed by atoms with van der Waals surface area (Å²) in [5.41, 5.74) is 5.06. The Morgan fingerprint density at radius 3 is 2.71 bits per heavy atom. The van der Waals surface area contributed by atoms with Crippen molar-refractivity contribution in [1.29, 1.82) is 0 Å². The van der Waals surface area contributed by atoms with Crippen molar-refractivity contribution in [2.75, 3.05) is 13.2 Å². The lowest BCUT2D eigenvalue weighted by atomic mass is 10.0. The number of fused-ring (bicyclic) bond motifs is 1. The number of aryl methyl sites for hydroxylation is 2. The lowest BCUT2D eigenvalue weighted by Gasteiger charge is -2.16. The second-order valence-electron chi connectivity index (χ2n) is 9.08. The molecule has 0 aliphatic carbocycles. The molecule has 1 heterocycles. The van der Waals surface area contributed by atoms with Gasteiger partial charge >= 0.3 is 0 Å². The number of ether oxygens (including phenoxy) is 1. The van der Waals surface area contributed by atoms with Crippen molar-refractivity contribution in [1.82, 2.24) is 14.9 Å². The van der Waals surface area contributed by atoms with Crippen LogP contribution in [0.1, 0.15) is 53.5 Å². The van der Waals surface area contributed by atoms with Crippen molar-refractivity contribution in [3.05, 3.63) is 94.3 Å². The molecule has 4 aromatic rings. The van der Waals surface area contributed by atoms with E-state index in [0.717, 1.165) is 35.4 Å². The van der Waals surface area contributed by atoms with Crippen LogP contribution in [-0.4, -0.2) is 28.6 Å². The number of carbonyl (C=O) groups is 1. The molecule has 4 rings (SSSR count). The summed E-state index contributed by atoms with van der Waals surface area (Å²) >= 11 is 6.00. The van der Waals surface area contributed by atoms with Gasteiger partial charge < -0.3 is 14.6 Å². The maximum Gasteiger partial charge on any atom is 0.251 e. The highest BCUT2D eigenvalue weighted by molar-refractivity contribution is 6.30. The number of hydrogen-bond donors (Lipinski definition) is 1. The van der Waals surface area contributed by atoms with E-state index in [1.165, 1.54) is 11.1 Å². The summed E-state index contributed by atoms with van der Waals surface area (Å²) in [5.74, 6) is 2.24. The van der Waals surface area contributed by atoms with Crippen LogP contribution in [0.15, 0.2) is 66.7 Å². The van der Waals surface area contributed by atoms with Gasteiger partial charge in [-0.2, -0.15) is 0 Å². The van der Waals surface area contributed by atoms with Gasteiger partial charge in [0.25, 0.3) is 5.91 Å². The Morgan fingerprint density at radius 1 is 1.09 bits per heavy atom. The number of nitrogens with one attached hydrogen (secondary N) is 1. The van der Waals surface area contributed by atoms with Gasteiger partial charge in [0.1, 0.15) is 18.2 Å². The number of para-hydroxylation sites is 2. The lowest BCUT2D eigenvalue weighted by Crippen LogP contribution is -2.25.